The van der Waals surface area contributed by atoms with Crippen LogP contribution in [0.1, 0.15) is 24.0 Å². The first-order valence-corrected chi connectivity index (χ1v) is 10.7. The molecule has 6 nitrogen and oxygen atoms in total. The summed E-state index contributed by atoms with van der Waals surface area (Å²) >= 11 is 1.48. The molecule has 4 rings (SSSR count). The van der Waals surface area contributed by atoms with E-state index in [-0.39, 0.29) is 6.10 Å². The van der Waals surface area contributed by atoms with Crippen molar-refractivity contribution in [2.45, 2.75) is 42.6 Å². The van der Waals surface area contributed by atoms with Crippen LogP contribution in [-0.4, -0.2) is 53.8 Å². The van der Waals surface area contributed by atoms with Gasteiger partial charge in [-0.25, -0.2) is 0 Å². The lowest BCUT2D eigenvalue weighted by atomic mass is 10.1. The van der Waals surface area contributed by atoms with Gasteiger partial charge < -0.3 is 14.4 Å². The molecule has 3 heterocycles. The van der Waals surface area contributed by atoms with Crippen molar-refractivity contribution in [3.05, 3.63) is 35.4 Å². The summed E-state index contributed by atoms with van der Waals surface area (Å²) in [6, 6.07) is 5.26. The summed E-state index contributed by atoms with van der Waals surface area (Å²) in [7, 11) is 0. The van der Waals surface area contributed by atoms with Crippen molar-refractivity contribution in [3.8, 4) is 0 Å². The van der Waals surface area contributed by atoms with E-state index in [9.17, 15) is 13.2 Å². The number of alkyl halides is 3. The summed E-state index contributed by atoms with van der Waals surface area (Å²) in [5, 5.41) is 9.51. The van der Waals surface area contributed by atoms with E-state index in [0.29, 0.717) is 25.5 Å². The minimum absolute atomic E-state index is 0.135. The van der Waals surface area contributed by atoms with Crippen molar-refractivity contribution in [1.29, 1.82) is 0 Å². The molecule has 1 aromatic heterocycles. The van der Waals surface area contributed by atoms with Crippen molar-refractivity contribution in [2.75, 3.05) is 37.8 Å². The van der Waals surface area contributed by atoms with Crippen LogP contribution in [0.3, 0.4) is 0 Å². The van der Waals surface area contributed by atoms with Gasteiger partial charge in [0.15, 0.2) is 5.16 Å². The molecule has 1 unspecified atom stereocenters. The number of aromatic nitrogens is 3. The van der Waals surface area contributed by atoms with Gasteiger partial charge in [-0.2, -0.15) is 13.2 Å². The molecule has 158 valence electrons. The fraction of sp³-hybridized carbons (Fsp3) is 0.579. The maximum Gasteiger partial charge on any atom is 0.416 e. The normalized spacial score (nSPS) is 20.4. The number of ether oxygens (including phenoxy) is 2. The van der Waals surface area contributed by atoms with Crippen LogP contribution in [0.5, 0.6) is 0 Å². The van der Waals surface area contributed by atoms with Gasteiger partial charge in [-0.05, 0) is 30.5 Å². The minimum Gasteiger partial charge on any atom is -0.378 e. The van der Waals surface area contributed by atoms with Crippen LogP contribution in [0.2, 0.25) is 0 Å². The average molecular weight is 428 g/mol. The highest BCUT2D eigenvalue weighted by atomic mass is 32.2. The first-order valence-electron chi connectivity index (χ1n) is 9.67. The number of halogens is 3. The molecule has 0 N–H and O–H groups in total. The Morgan fingerprint density at radius 2 is 1.83 bits per heavy atom. The zero-order chi connectivity index (χ0) is 20.3. The molecule has 2 saturated heterocycles. The quantitative estimate of drug-likeness (QED) is 0.656. The predicted octanol–water partition coefficient (Wildman–Crippen LogP) is 3.60. The van der Waals surface area contributed by atoms with Gasteiger partial charge in [-0.3, -0.25) is 4.57 Å². The predicted molar refractivity (Wildman–Crippen MR) is 103 cm³/mol. The fourth-order valence-electron chi connectivity index (χ4n) is 3.47. The van der Waals surface area contributed by atoms with Gasteiger partial charge in [0.25, 0.3) is 0 Å². The number of anilines is 1. The Balaban J connectivity index is 1.49. The highest BCUT2D eigenvalue weighted by Gasteiger charge is 2.30. The molecule has 0 amide bonds. The molecular formula is C19H23F3N4O2S. The van der Waals surface area contributed by atoms with E-state index < -0.39 is 11.7 Å². The van der Waals surface area contributed by atoms with Crippen molar-refractivity contribution >= 4 is 17.7 Å². The van der Waals surface area contributed by atoms with Crippen LogP contribution in [-0.2, 0) is 27.9 Å². The summed E-state index contributed by atoms with van der Waals surface area (Å²) in [6.07, 6.45) is -2.13. The molecule has 2 aromatic rings. The summed E-state index contributed by atoms with van der Waals surface area (Å²) in [4.78, 5) is 2.16. The molecular weight excluding hydrogens is 405 g/mol. The lowest BCUT2D eigenvalue weighted by molar-refractivity contribution is -0.137. The van der Waals surface area contributed by atoms with E-state index in [0.717, 1.165) is 61.3 Å². The van der Waals surface area contributed by atoms with Gasteiger partial charge in [0.05, 0.1) is 31.4 Å². The second-order valence-corrected chi connectivity index (χ2v) is 8.05. The largest absolute Gasteiger partial charge is 0.416 e. The zero-order valence-electron chi connectivity index (χ0n) is 15.9. The Labute approximate surface area is 171 Å². The van der Waals surface area contributed by atoms with Crippen LogP contribution in [0.25, 0.3) is 0 Å². The number of benzene rings is 1. The van der Waals surface area contributed by atoms with Gasteiger partial charge in [-0.1, -0.05) is 23.9 Å². The number of rotatable bonds is 6. The third kappa shape index (κ3) is 5.04. The summed E-state index contributed by atoms with van der Waals surface area (Å²) in [5.41, 5.74) is 0.171. The minimum atomic E-state index is -4.32. The number of thioether (sulfide) groups is 1. The molecule has 0 saturated carbocycles. The third-order valence-electron chi connectivity index (χ3n) is 5.05. The number of hydrogen-bond acceptors (Lipinski definition) is 6. The molecule has 0 radical (unpaired) electrons. The summed E-state index contributed by atoms with van der Waals surface area (Å²) in [6.45, 7) is 4.27. The van der Waals surface area contributed by atoms with Crippen LogP contribution in [0.4, 0.5) is 19.1 Å². The van der Waals surface area contributed by atoms with E-state index in [1.54, 1.807) is 0 Å². The maximum absolute atomic E-state index is 12.7. The topological polar surface area (TPSA) is 52.4 Å². The van der Waals surface area contributed by atoms with Crippen LogP contribution in [0.15, 0.2) is 29.4 Å². The van der Waals surface area contributed by atoms with E-state index in [4.69, 9.17) is 9.47 Å². The molecule has 0 bridgehead atoms. The lowest BCUT2D eigenvalue weighted by Gasteiger charge is -2.28. The molecule has 0 spiro atoms. The Kier molecular flexibility index (Phi) is 6.31. The Morgan fingerprint density at radius 3 is 2.48 bits per heavy atom. The fourth-order valence-corrected chi connectivity index (χ4v) is 4.37. The van der Waals surface area contributed by atoms with Gasteiger partial charge in [0, 0.05) is 25.4 Å². The highest BCUT2D eigenvalue weighted by molar-refractivity contribution is 7.98. The van der Waals surface area contributed by atoms with Gasteiger partial charge in [-0.15, -0.1) is 10.2 Å². The number of hydrogen-bond donors (Lipinski definition) is 0. The molecule has 1 aromatic carbocycles. The van der Waals surface area contributed by atoms with Crippen molar-refractivity contribution in [3.63, 3.8) is 0 Å². The van der Waals surface area contributed by atoms with E-state index in [2.05, 4.69) is 19.7 Å². The molecule has 2 aliphatic rings. The first-order chi connectivity index (χ1) is 14.0. The monoisotopic (exact) mass is 428 g/mol. The SMILES string of the molecule is FC(F)(F)c1ccc(CSc2nnc(N3CCOCC3)n2CC2CCCO2)cc1. The number of morpholine rings is 1. The van der Waals surface area contributed by atoms with Gasteiger partial charge in [0.2, 0.25) is 5.95 Å². The molecule has 10 heteroatoms. The number of nitrogens with zero attached hydrogens (tertiary/aromatic N) is 4. The molecule has 1 atom stereocenters. The maximum atomic E-state index is 12.7. The van der Waals surface area contributed by atoms with Crippen LogP contribution >= 0.6 is 11.8 Å². The zero-order valence-corrected chi connectivity index (χ0v) is 16.7. The molecule has 29 heavy (non-hydrogen) atoms. The molecule has 0 aliphatic carbocycles. The Bertz CT molecular complexity index is 801. The van der Waals surface area contributed by atoms with Crippen molar-refractivity contribution in [1.82, 2.24) is 14.8 Å². The highest BCUT2D eigenvalue weighted by Crippen LogP contribution is 2.31. The van der Waals surface area contributed by atoms with Gasteiger partial charge in [0.1, 0.15) is 0 Å². The van der Waals surface area contributed by atoms with E-state index in [1.807, 2.05) is 0 Å². The third-order valence-corrected chi connectivity index (χ3v) is 6.09. The first kappa shape index (κ1) is 20.5. The van der Waals surface area contributed by atoms with Crippen LogP contribution < -0.4 is 4.90 Å². The van der Waals surface area contributed by atoms with E-state index >= 15 is 0 Å². The Morgan fingerprint density at radius 1 is 1.07 bits per heavy atom. The lowest BCUT2D eigenvalue weighted by Crippen LogP contribution is -2.38. The van der Waals surface area contributed by atoms with E-state index in [1.165, 1.54) is 23.9 Å². The summed E-state index contributed by atoms with van der Waals surface area (Å²) in [5.74, 6) is 1.32. The molecule has 2 fully saturated rings. The van der Waals surface area contributed by atoms with Crippen molar-refractivity contribution in [2.24, 2.45) is 0 Å². The second kappa shape index (κ2) is 8.93. The van der Waals surface area contributed by atoms with Crippen molar-refractivity contribution < 1.29 is 22.6 Å². The second-order valence-electron chi connectivity index (χ2n) is 7.11. The standard InChI is InChI=1S/C19H23F3N4O2S/c20-19(21,22)15-5-3-14(4-6-15)13-29-18-24-23-17(25-7-10-27-11-8-25)26(18)12-16-2-1-9-28-16/h3-6,16H,1-2,7-13H2. The van der Waals surface area contributed by atoms with Crippen LogP contribution in [0, 0.1) is 0 Å². The average Bonchev–Trinajstić information content (AvgIpc) is 3.37. The summed E-state index contributed by atoms with van der Waals surface area (Å²) < 4.78 is 51.5. The molecule has 2 aliphatic heterocycles. The van der Waals surface area contributed by atoms with Gasteiger partial charge >= 0.3 is 6.18 Å². The smallest absolute Gasteiger partial charge is 0.378 e. The Hall–Kier alpha value is -1.78.